The van der Waals surface area contributed by atoms with Crippen molar-refractivity contribution in [2.24, 2.45) is 5.73 Å². The maximum absolute atomic E-state index is 12.9. The molecule has 6 N–H and O–H groups in total. The van der Waals surface area contributed by atoms with Crippen molar-refractivity contribution in [3.8, 4) is 5.75 Å². The molecule has 2 rings (SSSR count). The lowest BCUT2D eigenvalue weighted by Gasteiger charge is -2.19. The first-order valence-corrected chi connectivity index (χ1v) is 13.9. The van der Waals surface area contributed by atoms with E-state index in [0.29, 0.717) is 18.9 Å². The fraction of sp³-hybridized carbons (Fsp3) is 0.607. The molecule has 1 heterocycles. The number of nitrogens with one attached hydrogen (secondary N) is 3. The summed E-state index contributed by atoms with van der Waals surface area (Å²) < 4.78 is 5.83. The summed E-state index contributed by atoms with van der Waals surface area (Å²) in [6.07, 6.45) is 8.72. The van der Waals surface area contributed by atoms with Gasteiger partial charge < -0.3 is 31.5 Å². The molecule has 0 bridgehead atoms. The number of rotatable bonds is 4. The number of fused-ring (bicyclic) bond motifs is 1. The molecule has 11 heteroatoms. The Morgan fingerprint density at radius 3 is 2.23 bits per heavy atom. The summed E-state index contributed by atoms with van der Waals surface area (Å²) in [5.74, 6) is -3.13. The Morgan fingerprint density at radius 2 is 1.56 bits per heavy atom. The van der Waals surface area contributed by atoms with Crippen LogP contribution in [0, 0.1) is 0 Å². The number of carboxylic acid groups (broad SMARTS) is 1. The van der Waals surface area contributed by atoms with Crippen LogP contribution < -0.4 is 26.4 Å². The molecule has 0 fully saturated rings. The van der Waals surface area contributed by atoms with Crippen LogP contribution in [0.15, 0.2) is 24.3 Å². The molecule has 2 atom stereocenters. The van der Waals surface area contributed by atoms with Crippen LogP contribution in [0.3, 0.4) is 0 Å². The molecule has 0 spiro atoms. The summed E-state index contributed by atoms with van der Waals surface area (Å²) >= 11 is 0. The number of primary amides is 1. The number of hydrogen-bond acceptors (Lipinski definition) is 6. The predicted octanol–water partition coefficient (Wildman–Crippen LogP) is 2.42. The van der Waals surface area contributed by atoms with E-state index in [1.54, 1.807) is 24.3 Å². The topological polar surface area (TPSA) is 177 Å². The average Bonchev–Trinajstić information content (AvgIpc) is 2.90. The lowest BCUT2D eigenvalue weighted by molar-refractivity contribution is -0.139. The van der Waals surface area contributed by atoms with Gasteiger partial charge in [0.2, 0.25) is 17.7 Å². The van der Waals surface area contributed by atoms with Gasteiger partial charge >= 0.3 is 5.97 Å². The van der Waals surface area contributed by atoms with Crippen molar-refractivity contribution in [3.63, 3.8) is 0 Å². The monoisotopic (exact) mass is 546 g/mol. The molecule has 216 valence electrons. The Hall–Kier alpha value is -3.63. The number of carbonyl (C=O) groups excluding carboxylic acids is 4. The average molecular weight is 547 g/mol. The van der Waals surface area contributed by atoms with Crippen LogP contribution in [-0.4, -0.2) is 59.9 Å². The van der Waals surface area contributed by atoms with Crippen molar-refractivity contribution in [2.75, 3.05) is 13.2 Å². The van der Waals surface area contributed by atoms with Gasteiger partial charge in [0.1, 0.15) is 17.8 Å². The first-order valence-electron chi connectivity index (χ1n) is 13.9. The number of aliphatic carboxylic acids is 1. The third kappa shape index (κ3) is 12.6. The van der Waals surface area contributed by atoms with E-state index in [4.69, 9.17) is 10.5 Å². The number of carbonyl (C=O) groups is 5. The third-order valence-electron chi connectivity index (χ3n) is 6.60. The summed E-state index contributed by atoms with van der Waals surface area (Å²) in [5.41, 5.74) is 5.44. The Kier molecular flexibility index (Phi) is 14.4. The molecule has 1 aliphatic rings. The van der Waals surface area contributed by atoms with Gasteiger partial charge in [-0.05, 0) is 37.8 Å². The number of para-hydroxylation sites is 1. The van der Waals surface area contributed by atoms with Crippen molar-refractivity contribution in [1.29, 1.82) is 0 Å². The zero-order chi connectivity index (χ0) is 28.5. The standard InChI is InChI=1S/C28H42N4O7/c29-24(33)16-14-21-27(36)30-18-10-6-4-2-1-3-5-7-11-19-39-23-13-9-8-12-20(23)26(35)32-22(28(37)38)15-17-25(34)31-21/h8-9,12-13,21-22H,1-7,10-11,14-19H2,(H2,29,33)(H,30,36)(H,31,34)(H,32,35)(H,37,38)/t21-,22-/m0/s1. The highest BCUT2D eigenvalue weighted by atomic mass is 16.5. The molecule has 0 radical (unpaired) electrons. The third-order valence-corrected chi connectivity index (χ3v) is 6.60. The van der Waals surface area contributed by atoms with Crippen molar-refractivity contribution in [2.45, 2.75) is 95.6 Å². The SMILES string of the molecule is NC(=O)CC[C@@H]1NC(=O)CC[C@@H](C(=O)O)NC(=O)c2ccccc2OCCCCCCCCCCCNC1=O. The van der Waals surface area contributed by atoms with E-state index in [1.807, 2.05) is 0 Å². The molecular formula is C28H42N4O7. The summed E-state index contributed by atoms with van der Waals surface area (Å²) in [6.45, 7) is 0.909. The fourth-order valence-corrected chi connectivity index (χ4v) is 4.35. The predicted molar refractivity (Wildman–Crippen MR) is 145 cm³/mol. The van der Waals surface area contributed by atoms with E-state index in [-0.39, 0.29) is 31.2 Å². The highest BCUT2D eigenvalue weighted by Crippen LogP contribution is 2.19. The van der Waals surface area contributed by atoms with Crippen LogP contribution in [0.2, 0.25) is 0 Å². The molecule has 39 heavy (non-hydrogen) atoms. The summed E-state index contributed by atoms with van der Waals surface area (Å²) in [5, 5.41) is 17.5. The van der Waals surface area contributed by atoms with Gasteiger partial charge in [-0.3, -0.25) is 19.2 Å². The van der Waals surface area contributed by atoms with Crippen LogP contribution in [0.1, 0.15) is 93.8 Å². The van der Waals surface area contributed by atoms with Gasteiger partial charge in [0, 0.05) is 19.4 Å². The molecule has 1 aromatic carbocycles. The molecule has 0 saturated heterocycles. The highest BCUT2D eigenvalue weighted by Gasteiger charge is 2.25. The molecule has 0 unspecified atom stereocenters. The summed E-state index contributed by atoms with van der Waals surface area (Å²) in [4.78, 5) is 61.3. The first-order chi connectivity index (χ1) is 18.8. The van der Waals surface area contributed by atoms with Gasteiger partial charge in [0.15, 0.2) is 0 Å². The van der Waals surface area contributed by atoms with Crippen molar-refractivity contribution in [1.82, 2.24) is 16.0 Å². The number of amides is 4. The Balaban J connectivity index is 2.10. The number of hydrogen-bond donors (Lipinski definition) is 5. The lowest BCUT2D eigenvalue weighted by atomic mass is 10.1. The largest absolute Gasteiger partial charge is 0.493 e. The van der Waals surface area contributed by atoms with Crippen LogP contribution >= 0.6 is 0 Å². The minimum absolute atomic E-state index is 0.0305. The molecule has 1 aromatic rings. The van der Waals surface area contributed by atoms with Gasteiger partial charge in [0.25, 0.3) is 5.91 Å². The second-order valence-corrected chi connectivity index (χ2v) is 9.85. The minimum atomic E-state index is -1.33. The van der Waals surface area contributed by atoms with Crippen molar-refractivity contribution in [3.05, 3.63) is 29.8 Å². The van der Waals surface area contributed by atoms with Gasteiger partial charge in [-0.1, -0.05) is 57.1 Å². The number of nitrogens with two attached hydrogens (primary N) is 1. The van der Waals surface area contributed by atoms with E-state index in [2.05, 4.69) is 16.0 Å². The summed E-state index contributed by atoms with van der Waals surface area (Å²) in [7, 11) is 0. The van der Waals surface area contributed by atoms with Crippen molar-refractivity contribution >= 4 is 29.6 Å². The second-order valence-electron chi connectivity index (χ2n) is 9.85. The first kappa shape index (κ1) is 31.6. The normalized spacial score (nSPS) is 21.6. The van der Waals surface area contributed by atoms with E-state index < -0.39 is 41.7 Å². The molecule has 1 aliphatic heterocycles. The summed E-state index contributed by atoms with van der Waals surface area (Å²) in [6, 6.07) is 4.32. The minimum Gasteiger partial charge on any atom is -0.493 e. The van der Waals surface area contributed by atoms with Gasteiger partial charge in [0.05, 0.1) is 12.2 Å². The zero-order valence-electron chi connectivity index (χ0n) is 22.5. The molecule has 0 saturated carbocycles. The number of ether oxygens (including phenoxy) is 1. The van der Waals surface area contributed by atoms with E-state index in [0.717, 1.165) is 57.8 Å². The van der Waals surface area contributed by atoms with E-state index in [1.165, 1.54) is 0 Å². The smallest absolute Gasteiger partial charge is 0.326 e. The van der Waals surface area contributed by atoms with Crippen LogP contribution in [-0.2, 0) is 19.2 Å². The fourth-order valence-electron chi connectivity index (χ4n) is 4.35. The van der Waals surface area contributed by atoms with E-state index >= 15 is 0 Å². The molecule has 0 aromatic heterocycles. The Bertz CT molecular complexity index is 969. The molecule has 0 aliphatic carbocycles. The maximum atomic E-state index is 12.9. The van der Waals surface area contributed by atoms with Gasteiger partial charge in [-0.2, -0.15) is 0 Å². The van der Waals surface area contributed by atoms with Gasteiger partial charge in [-0.15, -0.1) is 0 Å². The number of carboxylic acids is 1. The Morgan fingerprint density at radius 1 is 0.923 bits per heavy atom. The quantitative estimate of drug-likeness (QED) is 0.385. The molecular weight excluding hydrogens is 504 g/mol. The maximum Gasteiger partial charge on any atom is 0.326 e. The second kappa shape index (κ2) is 17.8. The lowest BCUT2D eigenvalue weighted by Crippen LogP contribution is -2.48. The van der Waals surface area contributed by atoms with E-state index in [9.17, 15) is 29.1 Å². The molecule has 4 amide bonds. The Labute approximate surface area is 229 Å². The molecule has 11 nitrogen and oxygen atoms in total. The number of benzene rings is 1. The van der Waals surface area contributed by atoms with Crippen molar-refractivity contribution < 1.29 is 33.8 Å². The van der Waals surface area contributed by atoms with Crippen LogP contribution in [0.25, 0.3) is 0 Å². The van der Waals surface area contributed by atoms with Crippen LogP contribution in [0.4, 0.5) is 0 Å². The zero-order valence-corrected chi connectivity index (χ0v) is 22.5. The highest BCUT2D eigenvalue weighted by molar-refractivity contribution is 5.99. The van der Waals surface area contributed by atoms with Gasteiger partial charge in [-0.25, -0.2) is 4.79 Å². The van der Waals surface area contributed by atoms with Crippen LogP contribution in [0.5, 0.6) is 5.75 Å².